The number of hydrogen-bond donors (Lipinski definition) is 2. The summed E-state index contributed by atoms with van der Waals surface area (Å²) in [5.74, 6) is 0.354. The van der Waals surface area contributed by atoms with Gasteiger partial charge in [0.1, 0.15) is 23.3 Å². The lowest BCUT2D eigenvalue weighted by Gasteiger charge is -2.16. The van der Waals surface area contributed by atoms with Crippen molar-refractivity contribution in [3.05, 3.63) is 90.6 Å². The molecule has 192 valence electrons. The van der Waals surface area contributed by atoms with E-state index in [0.717, 1.165) is 18.2 Å². The number of carbonyl (C=O) groups is 1. The van der Waals surface area contributed by atoms with Gasteiger partial charge in [0.05, 0.1) is 34.6 Å². The van der Waals surface area contributed by atoms with Crippen LogP contribution in [0.2, 0.25) is 0 Å². The molecule has 10 heteroatoms. The van der Waals surface area contributed by atoms with Gasteiger partial charge in [-0.2, -0.15) is 18.4 Å². The Balaban J connectivity index is 1.65. The summed E-state index contributed by atoms with van der Waals surface area (Å²) < 4.78 is 50.2. The van der Waals surface area contributed by atoms with E-state index in [9.17, 15) is 23.2 Å². The van der Waals surface area contributed by atoms with Crippen LogP contribution in [0.25, 0.3) is 10.9 Å². The molecule has 1 amide bonds. The van der Waals surface area contributed by atoms with Crippen molar-refractivity contribution in [1.82, 2.24) is 4.98 Å². The maximum Gasteiger partial charge on any atom is 0.416 e. The molecule has 0 radical (unpaired) electrons. The van der Waals surface area contributed by atoms with Crippen LogP contribution in [-0.2, 0) is 11.0 Å². The van der Waals surface area contributed by atoms with E-state index in [1.807, 2.05) is 6.92 Å². The summed E-state index contributed by atoms with van der Waals surface area (Å²) in [6, 6.07) is 16.5. The third-order valence-electron chi connectivity index (χ3n) is 5.35. The van der Waals surface area contributed by atoms with Crippen LogP contribution in [0.1, 0.15) is 18.1 Å². The van der Waals surface area contributed by atoms with Gasteiger partial charge >= 0.3 is 6.18 Å². The molecule has 0 bridgehead atoms. The monoisotopic (exact) mass is 518 g/mol. The first kappa shape index (κ1) is 26.0. The number of amides is 1. The Morgan fingerprint density at radius 2 is 1.89 bits per heavy atom. The predicted molar refractivity (Wildman–Crippen MR) is 138 cm³/mol. The minimum Gasteiger partial charge on any atom is -0.492 e. The Hall–Kier alpha value is -5.04. The molecular formula is C28H21F3N4O3. The highest BCUT2D eigenvalue weighted by molar-refractivity contribution is 6.04. The van der Waals surface area contributed by atoms with Crippen LogP contribution < -0.4 is 20.1 Å². The predicted octanol–water partition coefficient (Wildman–Crippen LogP) is 7.18. The molecule has 0 aliphatic rings. The molecule has 0 atom stereocenters. The molecular weight excluding hydrogens is 497 g/mol. The van der Waals surface area contributed by atoms with Crippen molar-refractivity contribution in [2.75, 3.05) is 17.2 Å². The number of alkyl halides is 3. The van der Waals surface area contributed by atoms with Crippen molar-refractivity contribution in [1.29, 1.82) is 5.26 Å². The number of ether oxygens (including phenoxy) is 2. The summed E-state index contributed by atoms with van der Waals surface area (Å²) in [5.41, 5.74) is 1.38. The quantitative estimate of drug-likeness (QED) is 0.240. The minimum absolute atomic E-state index is 0.0478. The molecule has 0 aliphatic carbocycles. The standard InChI is InChI=1S/C28H21F3N4O3/c1-3-26(36)35-24-13-22-23(14-25(24)37-4-2)33-16-17(15-32)27(22)34-19-8-10-20(11-9-19)38-21-7-5-6-18(12-21)28(29,30)31/h3,5-14,16H,1,4H2,2H3,(H,33,34)(H,35,36). The van der Waals surface area contributed by atoms with Crippen LogP contribution in [0.15, 0.2) is 79.5 Å². The van der Waals surface area contributed by atoms with Crippen LogP contribution in [0.5, 0.6) is 17.2 Å². The molecule has 0 saturated heterocycles. The Bertz CT molecular complexity index is 1540. The summed E-state index contributed by atoms with van der Waals surface area (Å²) in [5, 5.41) is 16.1. The van der Waals surface area contributed by atoms with Crippen LogP contribution >= 0.6 is 0 Å². The van der Waals surface area contributed by atoms with Gasteiger partial charge in [0.25, 0.3) is 0 Å². The lowest BCUT2D eigenvalue weighted by Crippen LogP contribution is -2.09. The number of aromatic nitrogens is 1. The molecule has 3 aromatic carbocycles. The van der Waals surface area contributed by atoms with Crippen molar-refractivity contribution in [3.63, 3.8) is 0 Å². The van der Waals surface area contributed by atoms with Gasteiger partial charge in [0.2, 0.25) is 5.91 Å². The fourth-order valence-electron chi connectivity index (χ4n) is 3.62. The maximum atomic E-state index is 13.0. The average Bonchev–Trinajstić information content (AvgIpc) is 2.90. The zero-order valence-electron chi connectivity index (χ0n) is 20.1. The maximum absolute atomic E-state index is 13.0. The number of carbonyl (C=O) groups excluding carboxylic acids is 1. The number of hydrogen-bond acceptors (Lipinski definition) is 6. The second-order valence-electron chi connectivity index (χ2n) is 7.93. The van der Waals surface area contributed by atoms with Gasteiger partial charge in [0.15, 0.2) is 0 Å². The first-order valence-electron chi connectivity index (χ1n) is 11.4. The fourth-order valence-corrected chi connectivity index (χ4v) is 3.62. The van der Waals surface area contributed by atoms with Crippen LogP contribution in [0.3, 0.4) is 0 Å². The van der Waals surface area contributed by atoms with E-state index in [2.05, 4.69) is 28.3 Å². The number of nitriles is 1. The number of anilines is 3. The van der Waals surface area contributed by atoms with Gasteiger partial charge in [-0.3, -0.25) is 9.78 Å². The molecule has 1 heterocycles. The molecule has 0 fully saturated rings. The van der Waals surface area contributed by atoms with E-state index in [0.29, 0.717) is 46.1 Å². The number of nitrogens with one attached hydrogen (secondary N) is 2. The second-order valence-corrected chi connectivity index (χ2v) is 7.93. The first-order valence-corrected chi connectivity index (χ1v) is 11.4. The third-order valence-corrected chi connectivity index (χ3v) is 5.35. The number of fused-ring (bicyclic) bond motifs is 1. The second kappa shape index (κ2) is 10.9. The summed E-state index contributed by atoms with van der Waals surface area (Å²) in [6.45, 7) is 5.63. The van der Waals surface area contributed by atoms with E-state index >= 15 is 0 Å². The molecule has 4 rings (SSSR count). The molecule has 0 saturated carbocycles. The van der Waals surface area contributed by atoms with E-state index < -0.39 is 17.6 Å². The highest BCUT2D eigenvalue weighted by Crippen LogP contribution is 2.37. The van der Waals surface area contributed by atoms with Gasteiger partial charge < -0.3 is 20.1 Å². The molecule has 1 aromatic heterocycles. The zero-order valence-corrected chi connectivity index (χ0v) is 20.1. The lowest BCUT2D eigenvalue weighted by molar-refractivity contribution is -0.137. The minimum atomic E-state index is -4.48. The SMILES string of the molecule is C=CC(=O)Nc1cc2c(Nc3ccc(Oc4cccc(C(F)(F)F)c4)cc3)c(C#N)cnc2cc1OCC. The van der Waals surface area contributed by atoms with Crippen molar-refractivity contribution in [2.24, 2.45) is 0 Å². The van der Waals surface area contributed by atoms with Crippen molar-refractivity contribution in [3.8, 4) is 23.3 Å². The van der Waals surface area contributed by atoms with Crippen LogP contribution in [-0.4, -0.2) is 17.5 Å². The highest BCUT2D eigenvalue weighted by Gasteiger charge is 2.30. The molecule has 38 heavy (non-hydrogen) atoms. The smallest absolute Gasteiger partial charge is 0.416 e. The Morgan fingerprint density at radius 1 is 1.13 bits per heavy atom. The number of nitrogens with zero attached hydrogens (tertiary/aromatic N) is 2. The van der Waals surface area contributed by atoms with E-state index in [1.54, 1.807) is 36.4 Å². The summed E-state index contributed by atoms with van der Waals surface area (Å²) in [6.07, 6.45) is -1.92. The van der Waals surface area contributed by atoms with Gasteiger partial charge in [0, 0.05) is 23.3 Å². The molecule has 0 aliphatic heterocycles. The molecule has 2 N–H and O–H groups in total. The summed E-state index contributed by atoms with van der Waals surface area (Å²) in [7, 11) is 0. The van der Waals surface area contributed by atoms with Gasteiger partial charge in [-0.1, -0.05) is 12.6 Å². The Morgan fingerprint density at radius 3 is 2.55 bits per heavy atom. The van der Waals surface area contributed by atoms with Crippen LogP contribution in [0, 0.1) is 11.3 Å². The lowest BCUT2D eigenvalue weighted by atomic mass is 10.1. The fraction of sp³-hybridized carbons (Fsp3) is 0.107. The number of halogens is 3. The Kier molecular flexibility index (Phi) is 7.48. The van der Waals surface area contributed by atoms with Gasteiger partial charge in [-0.05, 0) is 61.5 Å². The summed E-state index contributed by atoms with van der Waals surface area (Å²) in [4.78, 5) is 16.3. The number of rotatable bonds is 8. The molecule has 0 spiro atoms. The zero-order chi connectivity index (χ0) is 27.3. The molecule has 7 nitrogen and oxygen atoms in total. The molecule has 4 aromatic rings. The average molecular weight is 518 g/mol. The molecule has 0 unspecified atom stereocenters. The van der Waals surface area contributed by atoms with E-state index in [1.165, 1.54) is 18.3 Å². The van der Waals surface area contributed by atoms with E-state index in [-0.39, 0.29) is 11.3 Å². The highest BCUT2D eigenvalue weighted by atomic mass is 19.4. The number of pyridine rings is 1. The largest absolute Gasteiger partial charge is 0.492 e. The topological polar surface area (TPSA) is 96.3 Å². The normalized spacial score (nSPS) is 10.9. The first-order chi connectivity index (χ1) is 18.2. The van der Waals surface area contributed by atoms with Gasteiger partial charge in [-0.15, -0.1) is 0 Å². The number of benzene rings is 3. The summed E-state index contributed by atoms with van der Waals surface area (Å²) >= 11 is 0. The third kappa shape index (κ3) is 5.84. The van der Waals surface area contributed by atoms with E-state index in [4.69, 9.17) is 9.47 Å². The van der Waals surface area contributed by atoms with Crippen molar-refractivity contribution < 1.29 is 27.4 Å². The van der Waals surface area contributed by atoms with Gasteiger partial charge in [-0.25, -0.2) is 0 Å². The van der Waals surface area contributed by atoms with Crippen LogP contribution in [0.4, 0.5) is 30.2 Å². The Labute approximate surface area is 216 Å². The van der Waals surface area contributed by atoms with Crippen molar-refractivity contribution in [2.45, 2.75) is 13.1 Å². The van der Waals surface area contributed by atoms with Crippen molar-refractivity contribution >= 4 is 33.9 Å².